The van der Waals surface area contributed by atoms with Crippen LogP contribution in [0.4, 0.5) is 0 Å². The largest absolute Gasteiger partial charge is 0.465 e. The molecule has 5 atom stereocenters. The third-order valence-electron chi connectivity index (χ3n) is 10.4. The lowest BCUT2D eigenvalue weighted by atomic mass is 9.47. The average Bonchev–Trinajstić information content (AvgIpc) is 3.16. The van der Waals surface area contributed by atoms with Crippen molar-refractivity contribution >= 4 is 17.5 Å². The van der Waals surface area contributed by atoms with Gasteiger partial charge < -0.3 is 4.74 Å². The second-order valence-electron chi connectivity index (χ2n) is 12.4. The number of hydrogen-bond acceptors (Lipinski definition) is 4. The standard InChI is InChI=1S/C31H48O4/c1-3-4-5-6-7-8-9-10-11-12-29(34)35-22-31-20-17-24(32)21-23(31)13-14-25-26-15-16-28(33)30(26,2)19-18-27(25)31/h21,25-27H,3-20,22H2,1-2H3/t25-,26-,27+,30-,31+/m0/s1. The first kappa shape index (κ1) is 26.6. The first-order valence-corrected chi connectivity index (χ1v) is 14.8. The van der Waals surface area contributed by atoms with Crippen LogP contribution in [0.25, 0.3) is 0 Å². The Morgan fingerprint density at radius 1 is 0.886 bits per heavy atom. The van der Waals surface area contributed by atoms with Crippen LogP contribution in [0.15, 0.2) is 11.6 Å². The van der Waals surface area contributed by atoms with Gasteiger partial charge in [0.05, 0.1) is 0 Å². The lowest BCUT2D eigenvalue weighted by Gasteiger charge is -2.57. The summed E-state index contributed by atoms with van der Waals surface area (Å²) in [6, 6.07) is 0. The fourth-order valence-electron chi connectivity index (χ4n) is 8.26. The minimum atomic E-state index is -0.183. The van der Waals surface area contributed by atoms with Crippen molar-refractivity contribution in [1.29, 1.82) is 0 Å². The Balaban J connectivity index is 1.31. The van der Waals surface area contributed by atoms with Crippen LogP contribution in [0.2, 0.25) is 0 Å². The Hall–Kier alpha value is -1.45. The third kappa shape index (κ3) is 5.62. The molecule has 0 spiro atoms. The zero-order valence-corrected chi connectivity index (χ0v) is 22.4. The van der Waals surface area contributed by atoms with Gasteiger partial charge in [0.1, 0.15) is 12.4 Å². The molecular formula is C31H48O4. The van der Waals surface area contributed by atoms with E-state index in [2.05, 4.69) is 13.8 Å². The van der Waals surface area contributed by atoms with Crippen molar-refractivity contribution in [3.05, 3.63) is 11.6 Å². The van der Waals surface area contributed by atoms with Crippen molar-refractivity contribution in [3.63, 3.8) is 0 Å². The highest BCUT2D eigenvalue weighted by atomic mass is 16.5. The molecule has 0 heterocycles. The Bertz CT molecular complexity index is 813. The molecule has 3 saturated carbocycles. The summed E-state index contributed by atoms with van der Waals surface area (Å²) in [7, 11) is 0. The maximum Gasteiger partial charge on any atom is 0.305 e. The van der Waals surface area contributed by atoms with E-state index < -0.39 is 0 Å². The van der Waals surface area contributed by atoms with Crippen molar-refractivity contribution in [2.24, 2.45) is 28.6 Å². The number of rotatable bonds is 12. The van der Waals surface area contributed by atoms with E-state index in [4.69, 9.17) is 4.74 Å². The molecule has 4 heteroatoms. The highest BCUT2D eigenvalue weighted by Gasteiger charge is 2.60. The number of unbranched alkanes of at least 4 members (excludes halogenated alkanes) is 8. The number of carbonyl (C=O) groups excluding carboxylic acids is 3. The lowest BCUT2D eigenvalue weighted by molar-refractivity contribution is -0.152. The van der Waals surface area contributed by atoms with Crippen LogP contribution in [-0.2, 0) is 19.1 Å². The molecule has 4 aliphatic carbocycles. The van der Waals surface area contributed by atoms with Gasteiger partial charge in [-0.05, 0) is 68.8 Å². The number of Topliss-reactive ketones (excluding diaryl/α,β-unsaturated/α-hetero) is 1. The summed E-state index contributed by atoms with van der Waals surface area (Å²) in [5.41, 5.74) is 0.900. The SMILES string of the molecule is CCCCCCCCCCCC(=O)OC[C@]12CCC(=O)C=C1CC[C@@H]1[C@H]2CC[C@]2(C)C(=O)CC[C@@H]12. The molecule has 0 aromatic heterocycles. The summed E-state index contributed by atoms with van der Waals surface area (Å²) in [6.45, 7) is 4.89. The van der Waals surface area contributed by atoms with Gasteiger partial charge in [-0.3, -0.25) is 14.4 Å². The van der Waals surface area contributed by atoms with E-state index in [0.717, 1.165) is 57.8 Å². The highest BCUT2D eigenvalue weighted by Crippen LogP contribution is 2.64. The molecule has 196 valence electrons. The average molecular weight is 485 g/mol. The van der Waals surface area contributed by atoms with Gasteiger partial charge in [0.2, 0.25) is 0 Å². The first-order valence-electron chi connectivity index (χ1n) is 14.8. The Labute approximate surface area is 213 Å². The van der Waals surface area contributed by atoms with E-state index in [-0.39, 0.29) is 22.6 Å². The van der Waals surface area contributed by atoms with Gasteiger partial charge in [-0.25, -0.2) is 0 Å². The van der Waals surface area contributed by atoms with Crippen molar-refractivity contribution < 1.29 is 19.1 Å². The molecule has 0 unspecified atom stereocenters. The first-order chi connectivity index (χ1) is 16.9. The zero-order valence-electron chi connectivity index (χ0n) is 22.4. The topological polar surface area (TPSA) is 60.4 Å². The van der Waals surface area contributed by atoms with Crippen molar-refractivity contribution in [1.82, 2.24) is 0 Å². The quantitative estimate of drug-likeness (QED) is 0.212. The van der Waals surface area contributed by atoms with Gasteiger partial charge in [0, 0.05) is 30.1 Å². The molecule has 0 amide bonds. The normalized spacial score (nSPS) is 34.1. The maximum absolute atomic E-state index is 12.7. The number of ether oxygens (including phenoxy) is 1. The minimum Gasteiger partial charge on any atom is -0.465 e. The van der Waals surface area contributed by atoms with Crippen LogP contribution in [-0.4, -0.2) is 24.1 Å². The maximum atomic E-state index is 12.7. The Kier molecular flexibility index (Phi) is 8.92. The molecule has 0 aliphatic heterocycles. The Morgan fingerprint density at radius 2 is 1.60 bits per heavy atom. The van der Waals surface area contributed by atoms with E-state index >= 15 is 0 Å². The van der Waals surface area contributed by atoms with E-state index in [0.29, 0.717) is 43.0 Å². The van der Waals surface area contributed by atoms with E-state index in [9.17, 15) is 14.4 Å². The van der Waals surface area contributed by atoms with Crippen molar-refractivity contribution in [2.75, 3.05) is 6.61 Å². The second-order valence-corrected chi connectivity index (χ2v) is 12.4. The predicted molar refractivity (Wildman–Crippen MR) is 139 cm³/mol. The smallest absolute Gasteiger partial charge is 0.305 e. The second kappa shape index (κ2) is 11.7. The summed E-state index contributed by atoms with van der Waals surface area (Å²) in [6.07, 6.45) is 20.6. The van der Waals surface area contributed by atoms with Crippen molar-refractivity contribution in [2.45, 2.75) is 129 Å². The summed E-state index contributed by atoms with van der Waals surface area (Å²) in [5, 5.41) is 0. The molecule has 0 radical (unpaired) electrons. The van der Waals surface area contributed by atoms with Crippen LogP contribution in [0.5, 0.6) is 0 Å². The fourth-order valence-corrected chi connectivity index (χ4v) is 8.26. The predicted octanol–water partition coefficient (Wildman–Crippen LogP) is 7.53. The Morgan fingerprint density at radius 3 is 2.34 bits per heavy atom. The zero-order chi connectivity index (χ0) is 24.9. The van der Waals surface area contributed by atoms with Gasteiger partial charge >= 0.3 is 5.97 Å². The molecular weight excluding hydrogens is 436 g/mol. The molecule has 0 aromatic rings. The van der Waals surface area contributed by atoms with Gasteiger partial charge in [-0.15, -0.1) is 0 Å². The lowest BCUT2D eigenvalue weighted by Crippen LogP contribution is -2.53. The van der Waals surface area contributed by atoms with Crippen LogP contribution >= 0.6 is 0 Å². The van der Waals surface area contributed by atoms with E-state index in [1.54, 1.807) is 0 Å². The van der Waals surface area contributed by atoms with Crippen LogP contribution < -0.4 is 0 Å². The monoisotopic (exact) mass is 484 g/mol. The summed E-state index contributed by atoms with van der Waals surface area (Å²) in [4.78, 5) is 37.7. The summed E-state index contributed by atoms with van der Waals surface area (Å²) >= 11 is 0. The molecule has 4 rings (SSSR count). The summed E-state index contributed by atoms with van der Waals surface area (Å²) < 4.78 is 6.00. The van der Waals surface area contributed by atoms with Crippen LogP contribution in [0.3, 0.4) is 0 Å². The highest BCUT2D eigenvalue weighted by molar-refractivity contribution is 5.92. The number of fused-ring (bicyclic) bond motifs is 5. The number of ketones is 2. The molecule has 4 aliphatic rings. The van der Waals surface area contributed by atoms with Crippen molar-refractivity contribution in [3.8, 4) is 0 Å². The number of hydrogen-bond donors (Lipinski definition) is 0. The molecule has 3 fully saturated rings. The van der Waals surface area contributed by atoms with Crippen LogP contribution in [0, 0.1) is 28.6 Å². The fraction of sp³-hybridized carbons (Fsp3) is 0.839. The number of carbonyl (C=O) groups is 3. The minimum absolute atomic E-state index is 0.0719. The molecule has 0 aromatic carbocycles. The van der Waals surface area contributed by atoms with Gasteiger partial charge in [-0.1, -0.05) is 70.8 Å². The third-order valence-corrected chi connectivity index (χ3v) is 10.4. The van der Waals surface area contributed by atoms with E-state index in [1.807, 2.05) is 6.08 Å². The van der Waals surface area contributed by atoms with Gasteiger partial charge in [0.15, 0.2) is 5.78 Å². The molecule has 0 bridgehead atoms. The van der Waals surface area contributed by atoms with E-state index in [1.165, 1.54) is 50.5 Å². The molecule has 0 saturated heterocycles. The summed E-state index contributed by atoms with van der Waals surface area (Å²) in [5.74, 6) is 2.02. The molecule has 35 heavy (non-hydrogen) atoms. The van der Waals surface area contributed by atoms with Gasteiger partial charge in [-0.2, -0.15) is 0 Å². The number of esters is 1. The molecule has 0 N–H and O–H groups in total. The van der Waals surface area contributed by atoms with Gasteiger partial charge in [0.25, 0.3) is 0 Å². The van der Waals surface area contributed by atoms with Crippen LogP contribution in [0.1, 0.15) is 129 Å². The molecule has 4 nitrogen and oxygen atoms in total.